The number of rotatable bonds is 2. The van der Waals surface area contributed by atoms with Gasteiger partial charge in [-0.1, -0.05) is 0 Å². The van der Waals surface area contributed by atoms with Crippen LogP contribution in [-0.4, -0.2) is 30.0 Å². The summed E-state index contributed by atoms with van der Waals surface area (Å²) in [7, 11) is 0. The van der Waals surface area contributed by atoms with Crippen LogP contribution < -0.4 is 10.6 Å². The Hall–Kier alpha value is -1.49. The van der Waals surface area contributed by atoms with E-state index in [1.54, 1.807) is 0 Å². The van der Waals surface area contributed by atoms with Crippen molar-refractivity contribution in [3.63, 3.8) is 0 Å². The predicted octanol–water partition coefficient (Wildman–Crippen LogP) is 0.312. The average molecular weight is 209 g/mol. The number of carbonyl (C=O) groups is 1. The lowest BCUT2D eigenvalue weighted by Crippen LogP contribution is -2.36. The van der Waals surface area contributed by atoms with Crippen LogP contribution in [0.2, 0.25) is 0 Å². The maximum Gasteiger partial charge on any atom is 0.253 e. The number of hydrogen-bond donors (Lipinski definition) is 2. The van der Waals surface area contributed by atoms with Gasteiger partial charge >= 0.3 is 0 Å². The molecule has 1 amide bonds. The molecule has 0 unspecified atom stereocenters. The van der Waals surface area contributed by atoms with Crippen LogP contribution in [0.4, 0.5) is 4.39 Å². The molecule has 15 heavy (non-hydrogen) atoms. The van der Waals surface area contributed by atoms with Gasteiger partial charge in [-0.2, -0.15) is 0 Å². The molecule has 0 aromatic carbocycles. The molecule has 0 aliphatic carbocycles. The number of nitrogens with zero attached hydrogens (tertiary/aromatic N) is 1. The fraction of sp³-hybridized carbons (Fsp3) is 0.400. The van der Waals surface area contributed by atoms with Gasteiger partial charge in [0.05, 0.1) is 11.8 Å². The molecule has 1 aliphatic heterocycles. The SMILES string of the molecule is O=C(N[C@H]1CCNC1)c1cncc(F)c1. The van der Waals surface area contributed by atoms with E-state index in [1.165, 1.54) is 12.3 Å². The molecule has 0 bridgehead atoms. The topological polar surface area (TPSA) is 54.0 Å². The second-order valence-electron chi connectivity index (χ2n) is 3.56. The molecule has 1 aromatic rings. The molecule has 1 aromatic heterocycles. The predicted molar refractivity (Wildman–Crippen MR) is 52.9 cm³/mol. The molecule has 1 aliphatic rings. The van der Waals surface area contributed by atoms with Gasteiger partial charge in [0, 0.05) is 18.8 Å². The van der Waals surface area contributed by atoms with Crippen molar-refractivity contribution >= 4 is 5.91 Å². The number of aromatic nitrogens is 1. The molecule has 2 rings (SSSR count). The monoisotopic (exact) mass is 209 g/mol. The summed E-state index contributed by atoms with van der Waals surface area (Å²) in [6.45, 7) is 1.68. The van der Waals surface area contributed by atoms with Crippen LogP contribution >= 0.6 is 0 Å². The number of pyridine rings is 1. The lowest BCUT2D eigenvalue weighted by molar-refractivity contribution is 0.0939. The van der Waals surface area contributed by atoms with Gasteiger partial charge in [0.25, 0.3) is 5.91 Å². The Morgan fingerprint density at radius 2 is 2.47 bits per heavy atom. The van der Waals surface area contributed by atoms with Crippen LogP contribution in [0.15, 0.2) is 18.5 Å². The van der Waals surface area contributed by atoms with Gasteiger partial charge < -0.3 is 10.6 Å². The summed E-state index contributed by atoms with van der Waals surface area (Å²) in [5.41, 5.74) is 0.266. The van der Waals surface area contributed by atoms with Crippen molar-refractivity contribution in [2.24, 2.45) is 0 Å². The highest BCUT2D eigenvalue weighted by molar-refractivity contribution is 5.94. The second kappa shape index (κ2) is 4.35. The van der Waals surface area contributed by atoms with Crippen LogP contribution in [-0.2, 0) is 0 Å². The Morgan fingerprint density at radius 1 is 1.60 bits per heavy atom. The molecule has 2 heterocycles. The summed E-state index contributed by atoms with van der Waals surface area (Å²) < 4.78 is 12.8. The Morgan fingerprint density at radius 3 is 3.13 bits per heavy atom. The Kier molecular flexibility index (Phi) is 2.91. The lowest BCUT2D eigenvalue weighted by Gasteiger charge is -2.10. The quantitative estimate of drug-likeness (QED) is 0.737. The fourth-order valence-electron chi connectivity index (χ4n) is 1.58. The summed E-state index contributed by atoms with van der Waals surface area (Å²) in [5, 5.41) is 5.95. The van der Waals surface area contributed by atoms with Gasteiger partial charge in [-0.05, 0) is 19.0 Å². The van der Waals surface area contributed by atoms with Crippen LogP contribution in [0.1, 0.15) is 16.8 Å². The maximum absolute atomic E-state index is 12.8. The van der Waals surface area contributed by atoms with Crippen molar-refractivity contribution in [3.8, 4) is 0 Å². The first-order chi connectivity index (χ1) is 7.25. The summed E-state index contributed by atoms with van der Waals surface area (Å²) in [4.78, 5) is 15.2. The van der Waals surface area contributed by atoms with E-state index in [0.717, 1.165) is 25.7 Å². The molecule has 1 atom stereocenters. The smallest absolute Gasteiger partial charge is 0.253 e. The van der Waals surface area contributed by atoms with Crippen LogP contribution in [0, 0.1) is 5.82 Å². The highest BCUT2D eigenvalue weighted by atomic mass is 19.1. The van der Waals surface area contributed by atoms with E-state index in [4.69, 9.17) is 0 Å². The van der Waals surface area contributed by atoms with E-state index in [1.807, 2.05) is 0 Å². The summed E-state index contributed by atoms with van der Waals surface area (Å²) in [6.07, 6.45) is 3.35. The third-order valence-corrected chi connectivity index (χ3v) is 2.36. The van der Waals surface area contributed by atoms with E-state index in [0.29, 0.717) is 0 Å². The Labute approximate surface area is 86.9 Å². The highest BCUT2D eigenvalue weighted by Crippen LogP contribution is 2.03. The molecule has 5 heteroatoms. The normalized spacial score (nSPS) is 20.2. The van der Waals surface area contributed by atoms with E-state index in [9.17, 15) is 9.18 Å². The fourth-order valence-corrected chi connectivity index (χ4v) is 1.58. The highest BCUT2D eigenvalue weighted by Gasteiger charge is 2.17. The standard InChI is InChI=1S/C10H12FN3O/c11-8-3-7(4-13-5-8)10(15)14-9-1-2-12-6-9/h3-5,9,12H,1-2,6H2,(H,14,15)/t9-/m0/s1. The molecular formula is C10H12FN3O. The van der Waals surface area contributed by atoms with Crippen molar-refractivity contribution in [1.29, 1.82) is 0 Å². The Balaban J connectivity index is 2.01. The lowest BCUT2D eigenvalue weighted by atomic mass is 10.2. The zero-order chi connectivity index (χ0) is 10.7. The van der Waals surface area contributed by atoms with Gasteiger partial charge in [0.1, 0.15) is 5.82 Å². The van der Waals surface area contributed by atoms with E-state index in [-0.39, 0.29) is 17.5 Å². The third-order valence-electron chi connectivity index (χ3n) is 2.36. The first kappa shape index (κ1) is 10.0. The van der Waals surface area contributed by atoms with Gasteiger partial charge in [0.15, 0.2) is 0 Å². The van der Waals surface area contributed by atoms with Crippen molar-refractivity contribution in [2.75, 3.05) is 13.1 Å². The Bertz CT molecular complexity index is 363. The van der Waals surface area contributed by atoms with Crippen LogP contribution in [0.5, 0.6) is 0 Å². The summed E-state index contributed by atoms with van der Waals surface area (Å²) in [6, 6.07) is 1.32. The van der Waals surface area contributed by atoms with Crippen molar-refractivity contribution in [3.05, 3.63) is 29.8 Å². The van der Waals surface area contributed by atoms with Crippen LogP contribution in [0.3, 0.4) is 0 Å². The van der Waals surface area contributed by atoms with Gasteiger partial charge in [-0.3, -0.25) is 9.78 Å². The van der Waals surface area contributed by atoms with Crippen LogP contribution in [0.25, 0.3) is 0 Å². The first-order valence-electron chi connectivity index (χ1n) is 4.88. The molecule has 2 N–H and O–H groups in total. The van der Waals surface area contributed by atoms with E-state index < -0.39 is 5.82 Å². The zero-order valence-electron chi connectivity index (χ0n) is 8.16. The minimum Gasteiger partial charge on any atom is -0.348 e. The molecule has 0 saturated carbocycles. The third kappa shape index (κ3) is 2.50. The molecule has 80 valence electrons. The zero-order valence-corrected chi connectivity index (χ0v) is 8.16. The molecule has 1 saturated heterocycles. The van der Waals surface area contributed by atoms with Gasteiger partial charge in [0.2, 0.25) is 0 Å². The molecule has 0 spiro atoms. The molecule has 4 nitrogen and oxygen atoms in total. The largest absolute Gasteiger partial charge is 0.348 e. The van der Waals surface area contributed by atoms with Crippen molar-refractivity contribution < 1.29 is 9.18 Å². The van der Waals surface area contributed by atoms with E-state index in [2.05, 4.69) is 15.6 Å². The average Bonchev–Trinajstić information content (AvgIpc) is 2.70. The van der Waals surface area contributed by atoms with Crippen molar-refractivity contribution in [2.45, 2.75) is 12.5 Å². The number of nitrogens with one attached hydrogen (secondary N) is 2. The molecular weight excluding hydrogens is 197 g/mol. The van der Waals surface area contributed by atoms with Gasteiger partial charge in [-0.25, -0.2) is 4.39 Å². The maximum atomic E-state index is 12.8. The second-order valence-corrected chi connectivity index (χ2v) is 3.56. The first-order valence-corrected chi connectivity index (χ1v) is 4.88. The molecule has 0 radical (unpaired) electrons. The van der Waals surface area contributed by atoms with Gasteiger partial charge in [-0.15, -0.1) is 0 Å². The minimum absolute atomic E-state index is 0.140. The number of hydrogen-bond acceptors (Lipinski definition) is 3. The summed E-state index contributed by atoms with van der Waals surface area (Å²) >= 11 is 0. The van der Waals surface area contributed by atoms with E-state index >= 15 is 0 Å². The minimum atomic E-state index is -0.493. The number of amides is 1. The molecule has 1 fully saturated rings. The number of carbonyl (C=O) groups excluding carboxylic acids is 1. The summed E-state index contributed by atoms with van der Waals surface area (Å²) in [5.74, 6) is -0.761. The van der Waals surface area contributed by atoms with Crippen molar-refractivity contribution in [1.82, 2.24) is 15.6 Å². The number of halogens is 1.